The summed E-state index contributed by atoms with van der Waals surface area (Å²) in [7, 11) is 1.40. The van der Waals surface area contributed by atoms with Crippen molar-refractivity contribution in [1.29, 1.82) is 0 Å². The molecule has 0 bridgehead atoms. The minimum atomic E-state index is -4.60. The number of fused-ring (bicyclic) bond motifs is 1. The number of alkyl halides is 3. The lowest BCUT2D eigenvalue weighted by atomic mass is 10.1. The molecule has 0 saturated carbocycles. The Labute approximate surface area is 247 Å². The van der Waals surface area contributed by atoms with Gasteiger partial charge in [0.15, 0.2) is 17.3 Å². The smallest absolute Gasteiger partial charge is 0.416 e. The van der Waals surface area contributed by atoms with Crippen molar-refractivity contribution < 1.29 is 32.5 Å². The van der Waals surface area contributed by atoms with Gasteiger partial charge in [-0.3, -0.25) is 4.79 Å². The van der Waals surface area contributed by atoms with Crippen molar-refractivity contribution in [3.05, 3.63) is 123 Å². The molecular weight excluding hydrogens is 587 g/mol. The first-order valence-electron chi connectivity index (χ1n) is 12.6. The van der Waals surface area contributed by atoms with E-state index in [0.29, 0.717) is 16.6 Å². The van der Waals surface area contributed by atoms with Gasteiger partial charge in [-0.25, -0.2) is 9.78 Å². The van der Waals surface area contributed by atoms with Gasteiger partial charge >= 0.3 is 12.1 Å². The Morgan fingerprint density at radius 3 is 2.56 bits per heavy atom. The molecule has 0 aliphatic rings. The summed E-state index contributed by atoms with van der Waals surface area (Å²) < 4.78 is 52.5. The van der Waals surface area contributed by atoms with Crippen LogP contribution in [0.25, 0.3) is 22.3 Å². The van der Waals surface area contributed by atoms with E-state index >= 15 is 0 Å². The van der Waals surface area contributed by atoms with Crippen molar-refractivity contribution in [2.45, 2.75) is 12.8 Å². The lowest BCUT2D eigenvalue weighted by Crippen LogP contribution is -2.20. The summed E-state index contributed by atoms with van der Waals surface area (Å²) in [6, 6.07) is 20.2. The van der Waals surface area contributed by atoms with E-state index in [0.717, 1.165) is 16.8 Å². The summed E-state index contributed by atoms with van der Waals surface area (Å²) in [5, 5.41) is 13.9. The van der Waals surface area contributed by atoms with E-state index in [1.54, 1.807) is 42.5 Å². The third kappa shape index (κ3) is 6.36. The van der Waals surface area contributed by atoms with E-state index < -0.39 is 23.3 Å². The van der Waals surface area contributed by atoms with Crippen LogP contribution in [-0.2, 0) is 12.8 Å². The molecule has 0 aliphatic heterocycles. The molecule has 8 nitrogen and oxygen atoms in total. The van der Waals surface area contributed by atoms with Gasteiger partial charge in [-0.15, -0.1) is 0 Å². The molecular formula is C31H21ClF3N3O5. The molecule has 0 radical (unpaired) electrons. The predicted molar refractivity (Wildman–Crippen MR) is 155 cm³/mol. The minimum Gasteiger partial charge on any atom is -0.493 e. The predicted octanol–water partition coefficient (Wildman–Crippen LogP) is 6.90. The Balaban J connectivity index is 1.52. The highest BCUT2D eigenvalue weighted by Crippen LogP contribution is 2.37. The number of carbonyl (C=O) groups is 1. The summed E-state index contributed by atoms with van der Waals surface area (Å²) in [5.74, 6) is -0.743. The molecule has 1 N–H and O–H groups in total. The molecule has 218 valence electrons. The first-order valence-corrected chi connectivity index (χ1v) is 13.0. The van der Waals surface area contributed by atoms with Crippen LogP contribution in [0.1, 0.15) is 27.0 Å². The molecule has 0 spiro atoms. The maximum Gasteiger partial charge on any atom is 0.416 e. The fourth-order valence-electron chi connectivity index (χ4n) is 4.28. The topological polar surface area (TPSA) is 103 Å². The Bertz CT molecular complexity index is 1940. The Morgan fingerprint density at radius 1 is 1.05 bits per heavy atom. The summed E-state index contributed by atoms with van der Waals surface area (Å²) >= 11 is 6.49. The zero-order valence-corrected chi connectivity index (χ0v) is 23.1. The van der Waals surface area contributed by atoms with Gasteiger partial charge in [-0.05, 0) is 59.7 Å². The van der Waals surface area contributed by atoms with Crippen molar-refractivity contribution in [3.63, 3.8) is 0 Å². The van der Waals surface area contributed by atoms with E-state index in [1.807, 2.05) is 0 Å². The highest BCUT2D eigenvalue weighted by atomic mass is 35.5. The average molecular weight is 608 g/mol. The molecule has 5 aromatic rings. The van der Waals surface area contributed by atoms with Crippen molar-refractivity contribution >= 4 is 34.7 Å². The Hall–Kier alpha value is -5.16. The zero-order chi connectivity index (χ0) is 30.7. The van der Waals surface area contributed by atoms with Gasteiger partial charge < -0.3 is 14.6 Å². The second kappa shape index (κ2) is 12.0. The molecule has 0 amide bonds. The van der Waals surface area contributed by atoms with Gasteiger partial charge in [-0.2, -0.15) is 22.9 Å². The summed E-state index contributed by atoms with van der Waals surface area (Å²) in [6.07, 6.45) is -3.30. The summed E-state index contributed by atoms with van der Waals surface area (Å²) in [4.78, 5) is 29.1. The monoisotopic (exact) mass is 607 g/mol. The van der Waals surface area contributed by atoms with Gasteiger partial charge in [0.25, 0.3) is 5.56 Å². The fraction of sp³-hybridized carbons (Fsp3) is 0.0968. The SMILES string of the molecule is COc1cc(C=Nn2c(-c3cccc(C(F)(F)F)c3)nc3ccccc3c2=O)cc(Cl)c1OCc1cccc(C(=O)O)c1. The van der Waals surface area contributed by atoms with Gasteiger partial charge in [0, 0.05) is 5.56 Å². The van der Waals surface area contributed by atoms with Crippen molar-refractivity contribution in [1.82, 2.24) is 9.66 Å². The summed E-state index contributed by atoms with van der Waals surface area (Å²) in [6.45, 7) is 0.00311. The third-order valence-electron chi connectivity index (χ3n) is 6.33. The molecule has 5 rings (SSSR count). The number of hydrogen-bond acceptors (Lipinski definition) is 6. The van der Waals surface area contributed by atoms with E-state index in [4.69, 9.17) is 21.1 Å². The van der Waals surface area contributed by atoms with Crippen LogP contribution < -0.4 is 15.0 Å². The van der Waals surface area contributed by atoms with Crippen LogP contribution in [0.15, 0.2) is 94.8 Å². The van der Waals surface area contributed by atoms with E-state index in [-0.39, 0.29) is 45.5 Å². The average Bonchev–Trinajstić information content (AvgIpc) is 2.99. The fourth-order valence-corrected chi connectivity index (χ4v) is 4.55. The highest BCUT2D eigenvalue weighted by molar-refractivity contribution is 6.32. The molecule has 0 saturated heterocycles. The number of carboxylic acid groups (broad SMARTS) is 1. The zero-order valence-electron chi connectivity index (χ0n) is 22.3. The second-order valence-electron chi connectivity index (χ2n) is 9.22. The first kappa shape index (κ1) is 29.3. The number of nitrogens with zero attached hydrogens (tertiary/aromatic N) is 3. The lowest BCUT2D eigenvalue weighted by Gasteiger charge is -2.14. The Kier molecular flexibility index (Phi) is 8.18. The Morgan fingerprint density at radius 2 is 1.81 bits per heavy atom. The number of para-hydroxylation sites is 1. The molecule has 0 unspecified atom stereocenters. The number of carboxylic acids is 1. The van der Waals surface area contributed by atoms with Crippen LogP contribution >= 0.6 is 11.6 Å². The van der Waals surface area contributed by atoms with Crippen LogP contribution in [0.3, 0.4) is 0 Å². The largest absolute Gasteiger partial charge is 0.493 e. The van der Waals surface area contributed by atoms with Crippen LogP contribution in [0.4, 0.5) is 13.2 Å². The number of halogens is 4. The molecule has 4 aromatic carbocycles. The lowest BCUT2D eigenvalue weighted by molar-refractivity contribution is -0.137. The van der Waals surface area contributed by atoms with Crippen molar-refractivity contribution in [2.24, 2.45) is 5.10 Å². The number of ether oxygens (including phenoxy) is 2. The van der Waals surface area contributed by atoms with E-state index in [9.17, 15) is 27.9 Å². The van der Waals surface area contributed by atoms with Crippen molar-refractivity contribution in [2.75, 3.05) is 7.11 Å². The molecule has 1 aromatic heterocycles. The molecule has 43 heavy (non-hydrogen) atoms. The maximum absolute atomic E-state index is 13.5. The second-order valence-corrected chi connectivity index (χ2v) is 9.63. The third-order valence-corrected chi connectivity index (χ3v) is 6.61. The number of benzene rings is 4. The van der Waals surface area contributed by atoms with Crippen LogP contribution in [0.5, 0.6) is 11.5 Å². The van der Waals surface area contributed by atoms with Gasteiger partial charge in [0.05, 0.1) is 40.4 Å². The van der Waals surface area contributed by atoms with Crippen LogP contribution in [0, 0.1) is 0 Å². The standard InChI is InChI=1S/C31H21ClF3N3O5/c1-42-26-14-19(13-24(32)27(26)43-17-18-6-4-8-21(12-18)30(40)41)16-36-38-28(20-7-5-9-22(15-20)31(33,34)35)37-25-11-3-2-10-23(25)29(38)39/h2-16H,17H2,1H3,(H,40,41). The normalized spacial score (nSPS) is 11.7. The van der Waals surface area contributed by atoms with Crippen molar-refractivity contribution in [3.8, 4) is 22.9 Å². The first-order chi connectivity index (χ1) is 20.5. The number of aromatic nitrogens is 2. The van der Waals surface area contributed by atoms with E-state index in [1.165, 1.54) is 43.7 Å². The molecule has 0 fully saturated rings. The van der Waals surface area contributed by atoms with Gasteiger partial charge in [-0.1, -0.05) is 48.0 Å². The molecule has 12 heteroatoms. The highest BCUT2D eigenvalue weighted by Gasteiger charge is 2.31. The quantitative estimate of drug-likeness (QED) is 0.192. The van der Waals surface area contributed by atoms with Crippen LogP contribution in [-0.4, -0.2) is 34.1 Å². The van der Waals surface area contributed by atoms with Crippen LogP contribution in [0.2, 0.25) is 5.02 Å². The minimum absolute atomic E-state index is 0.00311. The number of hydrogen-bond donors (Lipinski definition) is 1. The van der Waals surface area contributed by atoms with Gasteiger partial charge in [0.1, 0.15) is 6.61 Å². The number of methoxy groups -OCH3 is 1. The number of rotatable bonds is 8. The summed E-state index contributed by atoms with van der Waals surface area (Å²) in [5.41, 5.74) is -0.0621. The van der Waals surface area contributed by atoms with Gasteiger partial charge in [0.2, 0.25) is 0 Å². The number of aromatic carboxylic acids is 1. The van der Waals surface area contributed by atoms with E-state index in [2.05, 4.69) is 10.1 Å². The maximum atomic E-state index is 13.5. The molecule has 0 atom stereocenters. The molecule has 1 heterocycles. The molecule has 0 aliphatic carbocycles.